The predicted molar refractivity (Wildman–Crippen MR) is 100 cm³/mol. The van der Waals surface area contributed by atoms with Crippen LogP contribution in [-0.4, -0.2) is 32.3 Å². The lowest BCUT2D eigenvalue weighted by Gasteiger charge is -2.28. The summed E-state index contributed by atoms with van der Waals surface area (Å²) >= 11 is 3.50. The van der Waals surface area contributed by atoms with Crippen molar-refractivity contribution in [2.45, 2.75) is 33.2 Å². The quantitative estimate of drug-likeness (QED) is 0.652. The standard InChI is InChI=1S/C18H23BrN2O5/c1-5-7-26-16-12(19)8-11(9-13(16)25-6-2)15-14(17(22)24-4)10(3)20-18(23)21-15/h8-9,15H,5-7H2,1-4H3,(H2,20,21,23)/t15-/m0/s1. The number of benzene rings is 1. The lowest BCUT2D eigenvalue weighted by molar-refractivity contribution is -0.136. The molecule has 1 heterocycles. The number of methoxy groups -OCH3 is 1. The van der Waals surface area contributed by atoms with Gasteiger partial charge in [-0.2, -0.15) is 0 Å². The zero-order chi connectivity index (χ0) is 19.3. The van der Waals surface area contributed by atoms with Gasteiger partial charge in [0.25, 0.3) is 0 Å². The van der Waals surface area contributed by atoms with E-state index in [-0.39, 0.29) is 6.03 Å². The minimum absolute atomic E-state index is 0.337. The fraction of sp³-hybridized carbons (Fsp3) is 0.444. The van der Waals surface area contributed by atoms with Crippen LogP contribution in [0.2, 0.25) is 0 Å². The summed E-state index contributed by atoms with van der Waals surface area (Å²) in [5.41, 5.74) is 1.47. The second-order valence-corrected chi connectivity index (χ2v) is 6.53. The van der Waals surface area contributed by atoms with E-state index in [1.54, 1.807) is 19.1 Å². The molecule has 1 aromatic rings. The van der Waals surface area contributed by atoms with Crippen molar-refractivity contribution in [1.82, 2.24) is 10.6 Å². The van der Waals surface area contributed by atoms with Crippen molar-refractivity contribution in [2.75, 3.05) is 20.3 Å². The fourth-order valence-electron chi connectivity index (χ4n) is 2.69. The number of hydrogen-bond donors (Lipinski definition) is 2. The van der Waals surface area contributed by atoms with Crippen LogP contribution < -0.4 is 20.1 Å². The van der Waals surface area contributed by atoms with Crippen LogP contribution in [0.3, 0.4) is 0 Å². The molecule has 0 unspecified atom stereocenters. The van der Waals surface area contributed by atoms with Crippen molar-refractivity contribution in [3.63, 3.8) is 0 Å². The summed E-state index contributed by atoms with van der Waals surface area (Å²) in [6.45, 7) is 6.56. The highest BCUT2D eigenvalue weighted by Gasteiger charge is 2.33. The van der Waals surface area contributed by atoms with E-state index < -0.39 is 12.0 Å². The van der Waals surface area contributed by atoms with E-state index in [0.29, 0.717) is 46.0 Å². The van der Waals surface area contributed by atoms with E-state index in [0.717, 1.165) is 6.42 Å². The van der Waals surface area contributed by atoms with Crippen LogP contribution >= 0.6 is 15.9 Å². The lowest BCUT2D eigenvalue weighted by atomic mass is 9.95. The summed E-state index contributed by atoms with van der Waals surface area (Å²) in [5, 5.41) is 5.36. The van der Waals surface area contributed by atoms with Gasteiger partial charge in [0, 0.05) is 5.70 Å². The molecule has 0 bridgehead atoms. The van der Waals surface area contributed by atoms with Gasteiger partial charge in [-0.3, -0.25) is 0 Å². The number of carbonyl (C=O) groups is 2. The Kier molecular flexibility index (Phi) is 6.90. The van der Waals surface area contributed by atoms with Crippen LogP contribution in [0.5, 0.6) is 11.5 Å². The highest BCUT2D eigenvalue weighted by Crippen LogP contribution is 2.40. The number of allylic oxidation sites excluding steroid dienone is 1. The fourth-order valence-corrected chi connectivity index (χ4v) is 3.26. The highest BCUT2D eigenvalue weighted by atomic mass is 79.9. The Morgan fingerprint density at radius 3 is 2.62 bits per heavy atom. The number of hydrogen-bond acceptors (Lipinski definition) is 5. The van der Waals surface area contributed by atoms with Crippen molar-refractivity contribution in [3.8, 4) is 11.5 Å². The van der Waals surface area contributed by atoms with Gasteiger partial charge in [-0.15, -0.1) is 0 Å². The molecule has 2 rings (SSSR count). The summed E-state index contributed by atoms with van der Waals surface area (Å²) in [5.74, 6) is 0.624. The Labute approximate surface area is 161 Å². The molecule has 0 aliphatic carbocycles. The summed E-state index contributed by atoms with van der Waals surface area (Å²) < 4.78 is 17.0. The minimum atomic E-state index is -0.660. The minimum Gasteiger partial charge on any atom is -0.490 e. The van der Waals surface area contributed by atoms with Gasteiger partial charge in [0.15, 0.2) is 11.5 Å². The summed E-state index contributed by atoms with van der Waals surface area (Å²) in [6, 6.07) is 2.53. The lowest BCUT2D eigenvalue weighted by Crippen LogP contribution is -2.45. The number of nitrogens with one attached hydrogen (secondary N) is 2. The third-order valence-corrected chi connectivity index (χ3v) is 4.38. The number of urea groups is 1. The van der Waals surface area contributed by atoms with Crippen molar-refractivity contribution in [3.05, 3.63) is 33.4 Å². The molecule has 0 saturated heterocycles. The number of carbonyl (C=O) groups excluding carboxylic acids is 2. The molecular formula is C18H23BrN2O5. The van der Waals surface area contributed by atoms with Crippen LogP contribution in [0.15, 0.2) is 27.9 Å². The molecule has 8 heteroatoms. The highest BCUT2D eigenvalue weighted by molar-refractivity contribution is 9.10. The molecule has 0 saturated carbocycles. The second kappa shape index (κ2) is 8.93. The first-order valence-corrected chi connectivity index (χ1v) is 9.17. The molecule has 0 aromatic heterocycles. The maximum absolute atomic E-state index is 12.2. The van der Waals surface area contributed by atoms with Crippen molar-refractivity contribution < 1.29 is 23.8 Å². The average Bonchev–Trinajstić information content (AvgIpc) is 2.60. The number of ether oxygens (including phenoxy) is 3. The maximum atomic E-state index is 12.2. The molecule has 1 aromatic carbocycles. The first-order valence-electron chi connectivity index (χ1n) is 8.38. The molecule has 1 aliphatic heterocycles. The number of amides is 2. The maximum Gasteiger partial charge on any atom is 0.337 e. The number of halogens is 1. The average molecular weight is 427 g/mol. The zero-order valence-electron chi connectivity index (χ0n) is 15.3. The summed E-state index contributed by atoms with van der Waals surface area (Å²) in [4.78, 5) is 24.2. The largest absolute Gasteiger partial charge is 0.490 e. The molecule has 1 aliphatic rings. The van der Waals surface area contributed by atoms with Crippen molar-refractivity contribution >= 4 is 27.9 Å². The van der Waals surface area contributed by atoms with Gasteiger partial charge < -0.3 is 24.8 Å². The third kappa shape index (κ3) is 4.30. The monoisotopic (exact) mass is 426 g/mol. The van der Waals surface area contributed by atoms with Gasteiger partial charge in [0.05, 0.1) is 36.4 Å². The van der Waals surface area contributed by atoms with Crippen LogP contribution in [0.1, 0.15) is 38.8 Å². The van der Waals surface area contributed by atoms with Crippen molar-refractivity contribution in [2.24, 2.45) is 0 Å². The predicted octanol–water partition coefficient (Wildman–Crippen LogP) is 3.44. The van der Waals surface area contributed by atoms with E-state index in [9.17, 15) is 9.59 Å². The topological polar surface area (TPSA) is 85.9 Å². The third-order valence-electron chi connectivity index (χ3n) is 3.79. The van der Waals surface area contributed by atoms with Crippen LogP contribution in [0.4, 0.5) is 4.79 Å². The molecule has 0 spiro atoms. The van der Waals surface area contributed by atoms with Gasteiger partial charge in [-0.1, -0.05) is 6.92 Å². The van der Waals surface area contributed by atoms with Gasteiger partial charge in [0.1, 0.15) is 0 Å². The Hall–Kier alpha value is -2.22. The zero-order valence-corrected chi connectivity index (χ0v) is 16.9. The second-order valence-electron chi connectivity index (χ2n) is 5.67. The summed E-state index contributed by atoms with van der Waals surface area (Å²) in [6.07, 6.45) is 0.860. The first-order chi connectivity index (χ1) is 12.4. The van der Waals surface area contributed by atoms with E-state index in [2.05, 4.69) is 26.6 Å². The Bertz CT molecular complexity index is 733. The van der Waals surface area contributed by atoms with Crippen molar-refractivity contribution in [1.29, 1.82) is 0 Å². The van der Waals surface area contributed by atoms with Gasteiger partial charge in [-0.25, -0.2) is 9.59 Å². The molecular weight excluding hydrogens is 404 g/mol. The van der Waals surface area contributed by atoms with Gasteiger partial charge in [0.2, 0.25) is 0 Å². The van der Waals surface area contributed by atoms with E-state index in [1.165, 1.54) is 7.11 Å². The SMILES string of the molecule is CCCOc1c(Br)cc([C@@H]2NC(=O)NC(C)=C2C(=O)OC)cc1OCC. The molecule has 2 amide bonds. The molecule has 0 fully saturated rings. The molecule has 2 N–H and O–H groups in total. The Balaban J connectivity index is 2.53. The molecule has 0 radical (unpaired) electrons. The number of esters is 1. The van der Waals surface area contributed by atoms with Gasteiger partial charge >= 0.3 is 12.0 Å². The van der Waals surface area contributed by atoms with Crippen LogP contribution in [-0.2, 0) is 9.53 Å². The first kappa shape index (κ1) is 20.1. The molecule has 26 heavy (non-hydrogen) atoms. The van der Waals surface area contributed by atoms with E-state index >= 15 is 0 Å². The number of rotatable bonds is 7. The van der Waals surface area contributed by atoms with Crippen LogP contribution in [0, 0.1) is 0 Å². The van der Waals surface area contributed by atoms with Gasteiger partial charge in [-0.05, 0) is 53.9 Å². The van der Waals surface area contributed by atoms with E-state index in [4.69, 9.17) is 14.2 Å². The van der Waals surface area contributed by atoms with E-state index in [1.807, 2.05) is 13.8 Å². The Morgan fingerprint density at radius 2 is 2.00 bits per heavy atom. The molecule has 7 nitrogen and oxygen atoms in total. The molecule has 1 atom stereocenters. The molecule has 142 valence electrons. The summed E-state index contributed by atoms with van der Waals surface area (Å²) in [7, 11) is 1.30. The Morgan fingerprint density at radius 1 is 1.27 bits per heavy atom. The van der Waals surface area contributed by atoms with Crippen LogP contribution in [0.25, 0.3) is 0 Å². The normalized spacial score (nSPS) is 16.7. The smallest absolute Gasteiger partial charge is 0.337 e.